The molecule has 7 heteroatoms. The fourth-order valence-corrected chi connectivity index (χ4v) is 1.76. The molecule has 0 unspecified atom stereocenters. The Morgan fingerprint density at radius 1 is 1.75 bits per heavy atom. The van der Waals surface area contributed by atoms with Crippen LogP contribution in [-0.2, 0) is 14.3 Å². The van der Waals surface area contributed by atoms with Crippen molar-refractivity contribution in [3.63, 3.8) is 0 Å². The number of β-lactam (4-membered cyclic amide) rings is 1. The van der Waals surface area contributed by atoms with E-state index in [4.69, 9.17) is 14.9 Å². The number of carboxylic acids is 1. The van der Waals surface area contributed by atoms with Crippen LogP contribution in [-0.4, -0.2) is 58.3 Å². The van der Waals surface area contributed by atoms with Gasteiger partial charge >= 0.3 is 5.97 Å². The molecule has 1 saturated heterocycles. The predicted octanol–water partition coefficient (Wildman–Crippen LogP) is -1.42. The third kappa shape index (κ3) is 1.28. The number of likely N-dealkylation sites (tertiary alicyclic amines) is 1. The summed E-state index contributed by atoms with van der Waals surface area (Å²) in [7, 11) is 0. The van der Waals surface area contributed by atoms with E-state index in [1.807, 2.05) is 0 Å². The van der Waals surface area contributed by atoms with E-state index in [-0.39, 0.29) is 5.57 Å². The molecule has 2 N–H and O–H groups in total. The Morgan fingerprint density at radius 3 is 3.00 bits per heavy atom. The van der Waals surface area contributed by atoms with E-state index < -0.39 is 36.8 Å². The highest BCUT2D eigenvalue weighted by Crippen LogP contribution is 2.31. The number of hydrogen-bond acceptors (Lipinski definition) is 5. The van der Waals surface area contributed by atoms with Crippen LogP contribution in [0.1, 0.15) is 0 Å². The molecule has 2 rings (SSSR count). The fourth-order valence-electron chi connectivity index (χ4n) is 1.76. The number of amides is 1. The Balaban J connectivity index is 2.19. The first-order valence-corrected chi connectivity index (χ1v) is 4.58. The highest BCUT2D eigenvalue weighted by molar-refractivity contribution is 5.96. The van der Waals surface area contributed by atoms with Crippen molar-refractivity contribution < 1.29 is 24.5 Å². The van der Waals surface area contributed by atoms with Gasteiger partial charge in [0.1, 0.15) is 0 Å². The number of aliphatic hydroxyl groups is 1. The van der Waals surface area contributed by atoms with Crippen molar-refractivity contribution in [2.45, 2.75) is 18.3 Å². The second-order valence-corrected chi connectivity index (χ2v) is 3.53. The summed E-state index contributed by atoms with van der Waals surface area (Å²) in [6.07, 6.45) is 0.449. The zero-order valence-electron chi connectivity index (χ0n) is 8.24. The summed E-state index contributed by atoms with van der Waals surface area (Å²) in [5.74, 6) is -1.68. The number of rotatable bonds is 4. The molecule has 2 aliphatic rings. The Hall–Kier alpha value is -1.89. The Labute approximate surface area is 90.6 Å². The molecular formula is C9H10N2O5. The minimum absolute atomic E-state index is 0.0369. The second-order valence-electron chi connectivity index (χ2n) is 3.53. The molecule has 16 heavy (non-hydrogen) atoms. The molecule has 0 bridgehead atoms. The molecule has 2 heterocycles. The highest BCUT2D eigenvalue weighted by atomic mass is 16.5. The van der Waals surface area contributed by atoms with Gasteiger partial charge in [0, 0.05) is 0 Å². The molecule has 0 aromatic heterocycles. The van der Waals surface area contributed by atoms with Crippen LogP contribution in [0, 0.1) is 0 Å². The van der Waals surface area contributed by atoms with Crippen LogP contribution in [0.4, 0.5) is 0 Å². The van der Waals surface area contributed by atoms with Gasteiger partial charge in [-0.05, 0) is 5.57 Å². The Kier molecular flexibility index (Phi) is 2.39. The third-order valence-corrected chi connectivity index (χ3v) is 2.58. The Bertz CT molecular complexity index is 391. The number of fused-ring (bicyclic) bond motifs is 1. The molecule has 0 aromatic rings. The molecule has 0 aliphatic carbocycles. The second kappa shape index (κ2) is 3.60. The molecular weight excluding hydrogens is 216 g/mol. The van der Waals surface area contributed by atoms with E-state index in [0.717, 1.165) is 11.3 Å². The number of carbonyl (C=O) groups excluding carboxylic acids is 1. The minimum atomic E-state index is -1.26. The van der Waals surface area contributed by atoms with Gasteiger partial charge in [0.2, 0.25) is 6.23 Å². The molecule has 1 amide bonds. The SMILES string of the molecule is C=C(CO)[C@H](C(=O)O)N1C(=O)[C@@H]2N=CO[C@@H]21. The summed E-state index contributed by atoms with van der Waals surface area (Å²) in [5.41, 5.74) is 0.0369. The van der Waals surface area contributed by atoms with Crippen LogP contribution in [0.15, 0.2) is 17.1 Å². The van der Waals surface area contributed by atoms with Crippen molar-refractivity contribution in [3.05, 3.63) is 12.2 Å². The minimum Gasteiger partial charge on any atom is -0.479 e. The van der Waals surface area contributed by atoms with E-state index in [1.54, 1.807) is 0 Å². The molecule has 2 aliphatic heterocycles. The maximum atomic E-state index is 11.6. The van der Waals surface area contributed by atoms with Crippen LogP contribution in [0.25, 0.3) is 0 Å². The number of aliphatic imine (C=N–C) groups is 1. The van der Waals surface area contributed by atoms with E-state index in [1.165, 1.54) is 0 Å². The number of hydrogen-bond donors (Lipinski definition) is 2. The summed E-state index contributed by atoms with van der Waals surface area (Å²) in [5, 5.41) is 17.9. The van der Waals surface area contributed by atoms with Crippen molar-refractivity contribution >= 4 is 18.3 Å². The molecule has 3 atom stereocenters. The monoisotopic (exact) mass is 226 g/mol. The van der Waals surface area contributed by atoms with Gasteiger partial charge in [0.05, 0.1) is 6.61 Å². The van der Waals surface area contributed by atoms with Gasteiger partial charge < -0.3 is 14.9 Å². The van der Waals surface area contributed by atoms with Gasteiger partial charge in [-0.15, -0.1) is 0 Å². The van der Waals surface area contributed by atoms with Gasteiger partial charge in [-0.2, -0.15) is 0 Å². The number of aliphatic hydroxyl groups excluding tert-OH is 1. The average Bonchev–Trinajstić information content (AvgIpc) is 2.68. The summed E-state index contributed by atoms with van der Waals surface area (Å²) < 4.78 is 4.99. The summed E-state index contributed by atoms with van der Waals surface area (Å²) in [4.78, 5) is 27.3. The zero-order valence-corrected chi connectivity index (χ0v) is 8.24. The Morgan fingerprint density at radius 2 is 2.44 bits per heavy atom. The van der Waals surface area contributed by atoms with Crippen LogP contribution in [0.3, 0.4) is 0 Å². The molecule has 7 nitrogen and oxygen atoms in total. The summed E-state index contributed by atoms with van der Waals surface area (Å²) in [6, 6.07) is -1.91. The van der Waals surface area contributed by atoms with Gasteiger partial charge in [-0.1, -0.05) is 6.58 Å². The van der Waals surface area contributed by atoms with Crippen LogP contribution in [0.2, 0.25) is 0 Å². The predicted molar refractivity (Wildman–Crippen MR) is 51.6 cm³/mol. The van der Waals surface area contributed by atoms with Gasteiger partial charge in [-0.25, -0.2) is 9.79 Å². The van der Waals surface area contributed by atoms with Gasteiger partial charge in [0.15, 0.2) is 18.5 Å². The summed E-state index contributed by atoms with van der Waals surface area (Å²) >= 11 is 0. The molecule has 0 saturated carbocycles. The lowest BCUT2D eigenvalue weighted by Gasteiger charge is -2.43. The average molecular weight is 226 g/mol. The maximum absolute atomic E-state index is 11.6. The maximum Gasteiger partial charge on any atom is 0.330 e. The lowest BCUT2D eigenvalue weighted by Crippen LogP contribution is -2.68. The molecule has 0 spiro atoms. The number of nitrogens with zero attached hydrogens (tertiary/aromatic N) is 2. The lowest BCUT2D eigenvalue weighted by atomic mass is 9.98. The number of ether oxygens (including phenoxy) is 1. The van der Waals surface area contributed by atoms with Crippen molar-refractivity contribution in [2.24, 2.45) is 4.99 Å². The smallest absolute Gasteiger partial charge is 0.330 e. The van der Waals surface area contributed by atoms with Crippen molar-refractivity contribution in [3.8, 4) is 0 Å². The number of aliphatic carboxylic acids is 1. The van der Waals surface area contributed by atoms with Crippen molar-refractivity contribution in [1.82, 2.24) is 4.90 Å². The van der Waals surface area contributed by atoms with Gasteiger partial charge in [-0.3, -0.25) is 9.69 Å². The fraction of sp³-hybridized carbons (Fsp3) is 0.444. The van der Waals surface area contributed by atoms with E-state index >= 15 is 0 Å². The van der Waals surface area contributed by atoms with Crippen LogP contribution >= 0.6 is 0 Å². The van der Waals surface area contributed by atoms with Crippen LogP contribution in [0.5, 0.6) is 0 Å². The lowest BCUT2D eigenvalue weighted by molar-refractivity contribution is -0.174. The van der Waals surface area contributed by atoms with E-state index in [0.29, 0.717) is 0 Å². The number of carbonyl (C=O) groups is 2. The van der Waals surface area contributed by atoms with E-state index in [9.17, 15) is 9.59 Å². The normalized spacial score (nSPS) is 28.1. The van der Waals surface area contributed by atoms with Gasteiger partial charge in [0.25, 0.3) is 5.91 Å². The first-order valence-electron chi connectivity index (χ1n) is 4.58. The number of carboxylic acid groups (broad SMARTS) is 1. The molecule has 86 valence electrons. The van der Waals surface area contributed by atoms with Crippen molar-refractivity contribution in [2.75, 3.05) is 6.61 Å². The van der Waals surface area contributed by atoms with Crippen LogP contribution < -0.4 is 0 Å². The highest BCUT2D eigenvalue weighted by Gasteiger charge is 2.56. The topological polar surface area (TPSA) is 99.4 Å². The zero-order chi connectivity index (χ0) is 11.9. The molecule has 0 aromatic carbocycles. The first kappa shape index (κ1) is 10.6. The third-order valence-electron chi connectivity index (χ3n) is 2.58. The molecule has 0 radical (unpaired) electrons. The largest absolute Gasteiger partial charge is 0.479 e. The standard InChI is InChI=1S/C9H10N2O5/c1-4(2-12)6(9(14)15)11-7(13)5-8(11)16-3-10-5/h3,5-6,8,12H,1-2H2,(H,14,15)/t5-,6+,8-/m0/s1. The summed E-state index contributed by atoms with van der Waals surface area (Å²) in [6.45, 7) is 2.92. The van der Waals surface area contributed by atoms with E-state index in [2.05, 4.69) is 11.6 Å². The van der Waals surface area contributed by atoms with Crippen molar-refractivity contribution in [1.29, 1.82) is 0 Å². The molecule has 1 fully saturated rings. The first-order chi connectivity index (χ1) is 7.57. The quantitative estimate of drug-likeness (QED) is 0.453.